The highest BCUT2D eigenvalue weighted by Crippen LogP contribution is 2.30. The van der Waals surface area contributed by atoms with Crippen LogP contribution < -0.4 is 5.32 Å². The zero-order valence-corrected chi connectivity index (χ0v) is 18.2. The minimum atomic E-state index is -0.286. The highest BCUT2D eigenvalue weighted by Gasteiger charge is 2.23. The molecule has 32 heavy (non-hydrogen) atoms. The number of aromatic nitrogens is 6. The normalized spacial score (nSPS) is 19.0. The highest BCUT2D eigenvalue weighted by molar-refractivity contribution is 7.22. The zero-order valence-electron chi connectivity index (χ0n) is 17.4. The molecule has 1 aromatic carbocycles. The summed E-state index contributed by atoms with van der Waals surface area (Å²) in [6.07, 6.45) is 11.9. The predicted molar refractivity (Wildman–Crippen MR) is 124 cm³/mol. The van der Waals surface area contributed by atoms with Crippen LogP contribution in [0.4, 0.5) is 5.13 Å². The topological polar surface area (TPSA) is 93.2 Å². The molecular formula is C23H23N7OS. The van der Waals surface area contributed by atoms with Gasteiger partial charge in [0, 0.05) is 30.6 Å². The van der Waals surface area contributed by atoms with Crippen molar-refractivity contribution in [3.05, 3.63) is 66.4 Å². The Balaban J connectivity index is 1.23. The molecule has 4 heterocycles. The molecule has 1 aliphatic carbocycles. The summed E-state index contributed by atoms with van der Waals surface area (Å²) in [5.74, 6) is 0. The summed E-state index contributed by atoms with van der Waals surface area (Å²) in [5.41, 5.74) is 5.07. The van der Waals surface area contributed by atoms with Crippen molar-refractivity contribution in [1.29, 1.82) is 0 Å². The van der Waals surface area contributed by atoms with E-state index in [4.69, 9.17) is 4.98 Å². The summed E-state index contributed by atoms with van der Waals surface area (Å²) >= 11 is 1.65. The molecule has 0 amide bonds. The van der Waals surface area contributed by atoms with E-state index in [0.29, 0.717) is 0 Å². The Kier molecular flexibility index (Phi) is 4.84. The van der Waals surface area contributed by atoms with E-state index in [1.807, 2.05) is 24.5 Å². The first-order valence-corrected chi connectivity index (χ1v) is 11.7. The molecule has 6 rings (SSSR count). The van der Waals surface area contributed by atoms with E-state index < -0.39 is 0 Å². The summed E-state index contributed by atoms with van der Waals surface area (Å²) in [7, 11) is 0. The SMILES string of the molecule is O[C@@H]1CCCC[C@H]1Nc1nc2ccc(Cc3cnc4cc(-n5nccn5)ccn34)cc2s1. The van der Waals surface area contributed by atoms with Gasteiger partial charge in [0.2, 0.25) is 0 Å². The van der Waals surface area contributed by atoms with Crippen LogP contribution in [0.1, 0.15) is 36.9 Å². The molecule has 1 fully saturated rings. The van der Waals surface area contributed by atoms with Gasteiger partial charge < -0.3 is 14.8 Å². The minimum Gasteiger partial charge on any atom is -0.391 e. The van der Waals surface area contributed by atoms with E-state index in [0.717, 1.165) is 64.5 Å². The van der Waals surface area contributed by atoms with Gasteiger partial charge in [0.1, 0.15) is 5.65 Å². The Hall–Kier alpha value is -3.30. The van der Waals surface area contributed by atoms with Gasteiger partial charge in [-0.3, -0.25) is 0 Å². The lowest BCUT2D eigenvalue weighted by molar-refractivity contribution is 0.116. The van der Waals surface area contributed by atoms with Crippen molar-refractivity contribution < 1.29 is 5.11 Å². The third-order valence-corrected chi connectivity index (χ3v) is 7.05. The number of nitrogens with zero attached hydrogens (tertiary/aromatic N) is 6. The van der Waals surface area contributed by atoms with Gasteiger partial charge in [-0.1, -0.05) is 30.2 Å². The van der Waals surface area contributed by atoms with Gasteiger partial charge in [-0.25, -0.2) is 9.97 Å². The maximum absolute atomic E-state index is 10.2. The quantitative estimate of drug-likeness (QED) is 0.427. The van der Waals surface area contributed by atoms with Crippen molar-refractivity contribution in [3.63, 3.8) is 0 Å². The predicted octanol–water partition coefficient (Wildman–Crippen LogP) is 3.83. The molecule has 0 radical (unpaired) electrons. The van der Waals surface area contributed by atoms with Crippen molar-refractivity contribution in [2.75, 3.05) is 5.32 Å². The average Bonchev–Trinajstić information content (AvgIpc) is 3.55. The first kappa shape index (κ1) is 19.4. The zero-order chi connectivity index (χ0) is 21.5. The molecule has 0 bridgehead atoms. The number of anilines is 1. The smallest absolute Gasteiger partial charge is 0.184 e. The number of aliphatic hydroxyl groups excluding tert-OH is 1. The van der Waals surface area contributed by atoms with Crippen LogP contribution in [0.3, 0.4) is 0 Å². The number of aliphatic hydroxyl groups is 1. The first-order valence-electron chi connectivity index (χ1n) is 10.9. The third-order valence-electron chi connectivity index (χ3n) is 6.10. The lowest BCUT2D eigenvalue weighted by Gasteiger charge is -2.27. The van der Waals surface area contributed by atoms with E-state index in [1.165, 1.54) is 5.56 Å². The maximum atomic E-state index is 10.2. The van der Waals surface area contributed by atoms with Crippen molar-refractivity contribution in [1.82, 2.24) is 29.4 Å². The van der Waals surface area contributed by atoms with Crippen molar-refractivity contribution >= 4 is 32.3 Å². The van der Waals surface area contributed by atoms with Crippen LogP contribution in [-0.2, 0) is 6.42 Å². The van der Waals surface area contributed by atoms with Gasteiger partial charge >= 0.3 is 0 Å². The summed E-state index contributed by atoms with van der Waals surface area (Å²) < 4.78 is 3.25. The highest BCUT2D eigenvalue weighted by atomic mass is 32.1. The van der Waals surface area contributed by atoms with Gasteiger partial charge in [-0.2, -0.15) is 15.0 Å². The molecule has 0 spiro atoms. The number of hydrogen-bond donors (Lipinski definition) is 2. The van der Waals surface area contributed by atoms with Gasteiger partial charge in [0.05, 0.1) is 40.4 Å². The Morgan fingerprint density at radius 1 is 1.09 bits per heavy atom. The molecule has 4 aromatic heterocycles. The van der Waals surface area contributed by atoms with E-state index in [-0.39, 0.29) is 12.1 Å². The van der Waals surface area contributed by atoms with Gasteiger partial charge in [-0.05, 0) is 36.6 Å². The number of fused-ring (bicyclic) bond motifs is 2. The third kappa shape index (κ3) is 3.63. The molecule has 0 saturated heterocycles. The molecule has 1 aliphatic rings. The molecular weight excluding hydrogens is 422 g/mol. The molecule has 2 atom stereocenters. The lowest BCUT2D eigenvalue weighted by Crippen LogP contribution is -2.36. The van der Waals surface area contributed by atoms with Gasteiger partial charge in [0.25, 0.3) is 0 Å². The number of pyridine rings is 1. The number of imidazole rings is 1. The minimum absolute atomic E-state index is 0.101. The number of rotatable bonds is 5. The fourth-order valence-corrected chi connectivity index (χ4v) is 5.41. The largest absolute Gasteiger partial charge is 0.391 e. The number of hydrogen-bond acceptors (Lipinski definition) is 7. The van der Waals surface area contributed by atoms with Crippen LogP contribution in [0.5, 0.6) is 0 Å². The second-order valence-corrected chi connectivity index (χ2v) is 9.31. The Labute approximate surface area is 188 Å². The van der Waals surface area contributed by atoms with Crippen LogP contribution in [0.25, 0.3) is 21.6 Å². The Bertz CT molecular complexity index is 1370. The molecule has 0 unspecified atom stereocenters. The fourth-order valence-electron chi connectivity index (χ4n) is 4.41. The van der Waals surface area contributed by atoms with Crippen LogP contribution in [-0.4, -0.2) is 46.6 Å². The first-order chi connectivity index (χ1) is 15.7. The molecule has 162 valence electrons. The van der Waals surface area contributed by atoms with Crippen molar-refractivity contribution in [2.45, 2.75) is 44.2 Å². The summed E-state index contributed by atoms with van der Waals surface area (Å²) in [4.78, 5) is 10.9. The van der Waals surface area contributed by atoms with Crippen LogP contribution >= 0.6 is 11.3 Å². The lowest BCUT2D eigenvalue weighted by atomic mass is 9.93. The number of benzene rings is 1. The molecule has 9 heteroatoms. The fraction of sp³-hybridized carbons (Fsp3) is 0.304. The van der Waals surface area contributed by atoms with Crippen LogP contribution in [0.15, 0.2) is 55.1 Å². The summed E-state index contributed by atoms with van der Waals surface area (Å²) in [5, 5.41) is 23.0. The van der Waals surface area contributed by atoms with E-state index in [9.17, 15) is 5.11 Å². The Morgan fingerprint density at radius 2 is 1.97 bits per heavy atom. The summed E-state index contributed by atoms with van der Waals surface area (Å²) in [6, 6.07) is 10.5. The second-order valence-electron chi connectivity index (χ2n) is 8.28. The maximum Gasteiger partial charge on any atom is 0.184 e. The Morgan fingerprint density at radius 3 is 2.84 bits per heavy atom. The van der Waals surface area contributed by atoms with Crippen molar-refractivity contribution in [2.24, 2.45) is 0 Å². The molecule has 5 aromatic rings. The van der Waals surface area contributed by atoms with E-state index in [2.05, 4.69) is 43.1 Å². The second kappa shape index (κ2) is 7.99. The molecule has 2 N–H and O–H groups in total. The van der Waals surface area contributed by atoms with Gasteiger partial charge in [0.15, 0.2) is 5.13 Å². The number of thiazole rings is 1. The number of nitrogens with one attached hydrogen (secondary N) is 1. The summed E-state index contributed by atoms with van der Waals surface area (Å²) in [6.45, 7) is 0. The van der Waals surface area contributed by atoms with Crippen LogP contribution in [0.2, 0.25) is 0 Å². The van der Waals surface area contributed by atoms with E-state index in [1.54, 1.807) is 28.5 Å². The van der Waals surface area contributed by atoms with E-state index >= 15 is 0 Å². The van der Waals surface area contributed by atoms with Crippen LogP contribution in [0, 0.1) is 0 Å². The average molecular weight is 446 g/mol. The molecule has 0 aliphatic heterocycles. The van der Waals surface area contributed by atoms with Crippen molar-refractivity contribution in [3.8, 4) is 5.69 Å². The molecule has 1 saturated carbocycles. The standard InChI is InChI=1S/C23H23N7OS/c31-20-4-2-1-3-18(20)27-23-28-19-6-5-15(12-21(19)32-23)11-17-14-24-22-13-16(7-10-29(17)22)30-25-8-9-26-30/h5-10,12-14,18,20,31H,1-4,11H2,(H,27,28)/t18-,20-/m1/s1. The van der Waals surface area contributed by atoms with Gasteiger partial charge in [-0.15, -0.1) is 0 Å². The molecule has 8 nitrogen and oxygen atoms in total. The monoisotopic (exact) mass is 445 g/mol.